The molecule has 0 aromatic carbocycles. The SMILES string of the molecule is CC(C)CC(=O)N1CCN(CC2(COC(C)C)CC2)CC1. The van der Waals surface area contributed by atoms with Gasteiger partial charge in [0, 0.05) is 44.6 Å². The molecule has 0 radical (unpaired) electrons. The maximum absolute atomic E-state index is 12.1. The molecule has 4 heteroatoms. The topological polar surface area (TPSA) is 32.8 Å². The normalized spacial score (nSPS) is 22.1. The van der Waals surface area contributed by atoms with Gasteiger partial charge in [0.25, 0.3) is 0 Å². The molecule has 4 nitrogen and oxygen atoms in total. The van der Waals surface area contributed by atoms with Crippen LogP contribution in [-0.2, 0) is 9.53 Å². The van der Waals surface area contributed by atoms with Crippen molar-refractivity contribution >= 4 is 5.91 Å². The van der Waals surface area contributed by atoms with Gasteiger partial charge in [0.15, 0.2) is 0 Å². The van der Waals surface area contributed by atoms with Crippen LogP contribution in [0, 0.1) is 11.3 Å². The Balaban J connectivity index is 1.71. The van der Waals surface area contributed by atoms with Gasteiger partial charge in [0.1, 0.15) is 0 Å². The second-order valence-corrected chi connectivity index (χ2v) is 7.61. The van der Waals surface area contributed by atoms with Gasteiger partial charge in [-0.3, -0.25) is 9.69 Å². The average molecular weight is 296 g/mol. The molecule has 0 atom stereocenters. The number of carbonyl (C=O) groups is 1. The summed E-state index contributed by atoms with van der Waals surface area (Å²) in [6.45, 7) is 14.3. The quantitative estimate of drug-likeness (QED) is 0.723. The predicted molar refractivity (Wildman–Crippen MR) is 85.2 cm³/mol. The van der Waals surface area contributed by atoms with Crippen molar-refractivity contribution in [3.8, 4) is 0 Å². The Kier molecular flexibility index (Phi) is 5.67. The van der Waals surface area contributed by atoms with E-state index in [1.807, 2.05) is 4.90 Å². The Bertz CT molecular complexity index is 343. The third-order valence-corrected chi connectivity index (χ3v) is 4.55. The molecule has 2 aliphatic rings. The first kappa shape index (κ1) is 16.8. The minimum absolute atomic E-state index is 0.327. The molecule has 0 aromatic heterocycles. The highest BCUT2D eigenvalue weighted by atomic mass is 16.5. The fraction of sp³-hybridized carbons (Fsp3) is 0.941. The number of nitrogens with zero attached hydrogens (tertiary/aromatic N) is 2. The van der Waals surface area contributed by atoms with Crippen molar-refractivity contribution in [3.05, 3.63) is 0 Å². The van der Waals surface area contributed by atoms with Gasteiger partial charge in [0.05, 0.1) is 12.7 Å². The van der Waals surface area contributed by atoms with Crippen LogP contribution in [-0.4, -0.2) is 61.1 Å². The monoisotopic (exact) mass is 296 g/mol. The van der Waals surface area contributed by atoms with Gasteiger partial charge in [-0.05, 0) is 32.6 Å². The van der Waals surface area contributed by atoms with Crippen LogP contribution in [0.2, 0.25) is 0 Å². The van der Waals surface area contributed by atoms with Crippen LogP contribution >= 0.6 is 0 Å². The van der Waals surface area contributed by atoms with Crippen LogP contribution in [0.15, 0.2) is 0 Å². The first-order valence-electron chi connectivity index (χ1n) is 8.52. The van der Waals surface area contributed by atoms with E-state index in [9.17, 15) is 4.79 Å². The molecule has 1 heterocycles. The fourth-order valence-electron chi connectivity index (χ4n) is 2.98. The molecule has 122 valence electrons. The molecule has 2 fully saturated rings. The van der Waals surface area contributed by atoms with E-state index in [1.165, 1.54) is 12.8 Å². The molecule has 0 spiro atoms. The van der Waals surface area contributed by atoms with E-state index in [4.69, 9.17) is 4.74 Å². The van der Waals surface area contributed by atoms with E-state index in [0.29, 0.717) is 29.8 Å². The predicted octanol–water partition coefficient (Wildman–Crippen LogP) is 2.38. The van der Waals surface area contributed by atoms with Crippen LogP contribution in [0.5, 0.6) is 0 Å². The molecule has 2 rings (SSSR count). The van der Waals surface area contributed by atoms with Crippen molar-refractivity contribution in [2.75, 3.05) is 39.3 Å². The lowest BCUT2D eigenvalue weighted by Gasteiger charge is -2.37. The highest BCUT2D eigenvalue weighted by Crippen LogP contribution is 2.46. The molecule has 0 bridgehead atoms. The summed E-state index contributed by atoms with van der Waals surface area (Å²) in [5.41, 5.74) is 0.411. The molecular formula is C17H32N2O2. The second-order valence-electron chi connectivity index (χ2n) is 7.61. The molecular weight excluding hydrogens is 264 g/mol. The second kappa shape index (κ2) is 7.10. The molecule has 1 aliphatic carbocycles. The number of hydrogen-bond donors (Lipinski definition) is 0. The zero-order chi connectivity index (χ0) is 15.5. The van der Waals surface area contributed by atoms with Crippen molar-refractivity contribution in [1.29, 1.82) is 0 Å². The number of carbonyl (C=O) groups excluding carboxylic acids is 1. The molecule has 1 amide bonds. The first-order valence-corrected chi connectivity index (χ1v) is 8.52. The Hall–Kier alpha value is -0.610. The summed E-state index contributed by atoms with van der Waals surface area (Å²) >= 11 is 0. The maximum atomic E-state index is 12.1. The fourth-order valence-corrected chi connectivity index (χ4v) is 2.98. The zero-order valence-corrected chi connectivity index (χ0v) is 14.2. The van der Waals surface area contributed by atoms with Crippen LogP contribution in [0.1, 0.15) is 47.0 Å². The van der Waals surface area contributed by atoms with Gasteiger partial charge < -0.3 is 9.64 Å². The summed E-state index contributed by atoms with van der Waals surface area (Å²) in [4.78, 5) is 16.6. The Morgan fingerprint density at radius 1 is 1.10 bits per heavy atom. The Morgan fingerprint density at radius 2 is 1.71 bits per heavy atom. The zero-order valence-electron chi connectivity index (χ0n) is 14.2. The summed E-state index contributed by atoms with van der Waals surface area (Å²) in [7, 11) is 0. The lowest BCUT2D eigenvalue weighted by Crippen LogP contribution is -2.50. The molecule has 1 saturated carbocycles. The van der Waals surface area contributed by atoms with Gasteiger partial charge in [-0.2, -0.15) is 0 Å². The number of amides is 1. The van der Waals surface area contributed by atoms with E-state index in [0.717, 1.165) is 39.3 Å². The van der Waals surface area contributed by atoms with Crippen molar-refractivity contribution in [2.24, 2.45) is 11.3 Å². The van der Waals surface area contributed by atoms with Gasteiger partial charge in [-0.1, -0.05) is 13.8 Å². The Labute approximate surface area is 129 Å². The van der Waals surface area contributed by atoms with E-state index >= 15 is 0 Å². The first-order chi connectivity index (χ1) is 9.90. The van der Waals surface area contributed by atoms with Crippen molar-refractivity contribution in [3.63, 3.8) is 0 Å². The van der Waals surface area contributed by atoms with Gasteiger partial charge >= 0.3 is 0 Å². The largest absolute Gasteiger partial charge is 0.378 e. The van der Waals surface area contributed by atoms with E-state index in [-0.39, 0.29) is 0 Å². The van der Waals surface area contributed by atoms with E-state index in [1.54, 1.807) is 0 Å². The van der Waals surface area contributed by atoms with Gasteiger partial charge in [-0.15, -0.1) is 0 Å². The summed E-state index contributed by atoms with van der Waals surface area (Å²) in [6, 6.07) is 0. The lowest BCUT2D eigenvalue weighted by molar-refractivity contribution is -0.133. The highest BCUT2D eigenvalue weighted by molar-refractivity contribution is 5.76. The molecule has 0 aromatic rings. The average Bonchev–Trinajstić information content (AvgIpc) is 3.17. The summed E-state index contributed by atoms with van der Waals surface area (Å²) < 4.78 is 5.82. The van der Waals surface area contributed by atoms with Crippen LogP contribution < -0.4 is 0 Å². The molecule has 0 N–H and O–H groups in total. The van der Waals surface area contributed by atoms with Crippen LogP contribution in [0.3, 0.4) is 0 Å². The molecule has 1 saturated heterocycles. The van der Waals surface area contributed by atoms with Crippen molar-refractivity contribution < 1.29 is 9.53 Å². The van der Waals surface area contributed by atoms with Crippen LogP contribution in [0.4, 0.5) is 0 Å². The number of hydrogen-bond acceptors (Lipinski definition) is 3. The minimum atomic E-state index is 0.327. The van der Waals surface area contributed by atoms with E-state index in [2.05, 4.69) is 32.6 Å². The third kappa shape index (κ3) is 5.26. The Morgan fingerprint density at radius 3 is 2.19 bits per heavy atom. The summed E-state index contributed by atoms with van der Waals surface area (Å²) in [5, 5.41) is 0. The molecule has 21 heavy (non-hydrogen) atoms. The van der Waals surface area contributed by atoms with Gasteiger partial charge in [0.2, 0.25) is 5.91 Å². The summed E-state index contributed by atoms with van der Waals surface area (Å²) in [6.07, 6.45) is 3.61. The van der Waals surface area contributed by atoms with Crippen molar-refractivity contribution in [1.82, 2.24) is 9.80 Å². The lowest BCUT2D eigenvalue weighted by atomic mass is 10.1. The highest BCUT2D eigenvalue weighted by Gasteiger charge is 2.44. The standard InChI is InChI=1S/C17H32N2O2/c1-14(2)11-16(20)19-9-7-18(8-10-19)12-17(5-6-17)13-21-15(3)4/h14-15H,5-13H2,1-4H3. The molecule has 1 aliphatic heterocycles. The number of ether oxygens (including phenoxy) is 1. The number of piperazine rings is 1. The minimum Gasteiger partial charge on any atom is -0.378 e. The van der Waals surface area contributed by atoms with Crippen molar-refractivity contribution in [2.45, 2.75) is 53.1 Å². The maximum Gasteiger partial charge on any atom is 0.222 e. The van der Waals surface area contributed by atoms with Crippen LogP contribution in [0.25, 0.3) is 0 Å². The van der Waals surface area contributed by atoms with E-state index < -0.39 is 0 Å². The van der Waals surface area contributed by atoms with Gasteiger partial charge in [-0.25, -0.2) is 0 Å². The number of rotatable bonds is 7. The molecule has 0 unspecified atom stereocenters. The smallest absolute Gasteiger partial charge is 0.222 e. The third-order valence-electron chi connectivity index (χ3n) is 4.55. The summed E-state index contributed by atoms with van der Waals surface area (Å²) in [5.74, 6) is 0.785.